The second-order valence-corrected chi connectivity index (χ2v) is 7.01. The first-order valence-electron chi connectivity index (χ1n) is 8.76. The molecule has 0 saturated heterocycles. The molecule has 1 amide bonds. The highest BCUT2D eigenvalue weighted by atomic mass is 32.1. The van der Waals surface area contributed by atoms with E-state index in [1.165, 1.54) is 17.4 Å². The Morgan fingerprint density at radius 2 is 2.04 bits per heavy atom. The predicted octanol–water partition coefficient (Wildman–Crippen LogP) is 4.65. The van der Waals surface area contributed by atoms with Crippen molar-refractivity contribution in [3.63, 3.8) is 0 Å². The van der Waals surface area contributed by atoms with Crippen molar-refractivity contribution in [3.05, 3.63) is 59.6 Å². The number of nitrogens with one attached hydrogen (secondary N) is 1. The Bertz CT molecular complexity index is 968. The maximum Gasteiger partial charge on any atom is 0.250 e. The van der Waals surface area contributed by atoms with Crippen LogP contribution in [0.15, 0.2) is 54.1 Å². The first-order valence-corrected chi connectivity index (χ1v) is 9.64. The number of benzene rings is 1. The molecule has 0 atom stereocenters. The van der Waals surface area contributed by atoms with Gasteiger partial charge in [0.25, 0.3) is 0 Å². The number of rotatable bonds is 7. The first kappa shape index (κ1) is 19.6. The Balaban J connectivity index is 1.65. The highest BCUT2D eigenvalue weighted by molar-refractivity contribution is 7.14. The second-order valence-electron chi connectivity index (χ2n) is 6.15. The van der Waals surface area contributed by atoms with Crippen LogP contribution in [0.5, 0.6) is 11.5 Å². The van der Waals surface area contributed by atoms with Crippen LogP contribution in [0.25, 0.3) is 17.5 Å². The number of nitrogens with zero attached hydrogens (tertiary/aromatic N) is 2. The number of pyridine rings is 1. The van der Waals surface area contributed by atoms with Crippen LogP contribution in [0.1, 0.15) is 19.4 Å². The highest BCUT2D eigenvalue weighted by Crippen LogP contribution is 2.29. The van der Waals surface area contributed by atoms with Crippen LogP contribution in [0.4, 0.5) is 5.13 Å². The Kier molecular flexibility index (Phi) is 6.39. The molecule has 3 aromatic rings. The maximum absolute atomic E-state index is 12.2. The zero-order valence-electron chi connectivity index (χ0n) is 15.9. The molecule has 6 nitrogen and oxygen atoms in total. The van der Waals surface area contributed by atoms with Crippen LogP contribution in [-0.2, 0) is 4.79 Å². The average Bonchev–Trinajstić information content (AvgIpc) is 3.16. The monoisotopic (exact) mass is 395 g/mol. The van der Waals surface area contributed by atoms with E-state index >= 15 is 0 Å². The molecule has 0 radical (unpaired) electrons. The molecular weight excluding hydrogens is 374 g/mol. The van der Waals surface area contributed by atoms with Gasteiger partial charge in [0.15, 0.2) is 16.6 Å². The lowest BCUT2D eigenvalue weighted by Gasteiger charge is -2.13. The summed E-state index contributed by atoms with van der Waals surface area (Å²) in [5.41, 5.74) is 2.33. The number of amides is 1. The van der Waals surface area contributed by atoms with Gasteiger partial charge in [0, 0.05) is 17.7 Å². The van der Waals surface area contributed by atoms with Crippen molar-refractivity contribution in [2.75, 3.05) is 12.4 Å². The highest BCUT2D eigenvalue weighted by Gasteiger charge is 2.08. The zero-order chi connectivity index (χ0) is 19.9. The van der Waals surface area contributed by atoms with Crippen molar-refractivity contribution < 1.29 is 14.3 Å². The predicted molar refractivity (Wildman–Crippen MR) is 112 cm³/mol. The summed E-state index contributed by atoms with van der Waals surface area (Å²) in [5, 5.41) is 5.15. The first-order chi connectivity index (χ1) is 13.5. The smallest absolute Gasteiger partial charge is 0.250 e. The maximum atomic E-state index is 12.2. The lowest BCUT2D eigenvalue weighted by atomic mass is 10.2. The van der Waals surface area contributed by atoms with Crippen LogP contribution in [0, 0.1) is 0 Å². The molecule has 0 aliphatic carbocycles. The zero-order valence-corrected chi connectivity index (χ0v) is 16.7. The Morgan fingerprint density at radius 3 is 2.75 bits per heavy atom. The van der Waals surface area contributed by atoms with Gasteiger partial charge in [-0.1, -0.05) is 12.1 Å². The molecule has 0 fully saturated rings. The third kappa shape index (κ3) is 5.17. The van der Waals surface area contributed by atoms with Gasteiger partial charge >= 0.3 is 0 Å². The molecular formula is C21H21N3O3S. The van der Waals surface area contributed by atoms with E-state index in [1.807, 2.05) is 55.6 Å². The number of thiazole rings is 1. The van der Waals surface area contributed by atoms with E-state index in [2.05, 4.69) is 15.3 Å². The molecule has 1 N–H and O–H groups in total. The van der Waals surface area contributed by atoms with Gasteiger partial charge in [-0.05, 0) is 49.8 Å². The summed E-state index contributed by atoms with van der Waals surface area (Å²) in [6, 6.07) is 11.1. The molecule has 0 aliphatic heterocycles. The quantitative estimate of drug-likeness (QED) is 0.589. The van der Waals surface area contributed by atoms with Crippen molar-refractivity contribution in [2.24, 2.45) is 0 Å². The minimum absolute atomic E-state index is 0.0512. The summed E-state index contributed by atoms with van der Waals surface area (Å²) >= 11 is 1.35. The number of hydrogen-bond acceptors (Lipinski definition) is 6. The fraction of sp³-hybridized carbons (Fsp3) is 0.190. The van der Waals surface area contributed by atoms with Crippen LogP contribution < -0.4 is 14.8 Å². The number of methoxy groups -OCH3 is 1. The van der Waals surface area contributed by atoms with Crippen LogP contribution in [0.3, 0.4) is 0 Å². The van der Waals surface area contributed by atoms with Gasteiger partial charge < -0.3 is 9.47 Å². The van der Waals surface area contributed by atoms with E-state index < -0.39 is 0 Å². The van der Waals surface area contributed by atoms with Gasteiger partial charge in [-0.25, -0.2) is 4.98 Å². The number of ether oxygens (including phenoxy) is 2. The fourth-order valence-corrected chi connectivity index (χ4v) is 3.13. The molecule has 144 valence electrons. The number of carbonyl (C=O) groups is 1. The summed E-state index contributed by atoms with van der Waals surface area (Å²) < 4.78 is 11.1. The molecule has 0 spiro atoms. The molecule has 28 heavy (non-hydrogen) atoms. The van der Waals surface area contributed by atoms with Gasteiger partial charge in [0.05, 0.1) is 18.9 Å². The fourth-order valence-electron chi connectivity index (χ4n) is 2.42. The molecule has 2 heterocycles. The van der Waals surface area contributed by atoms with Crippen LogP contribution >= 0.6 is 11.3 Å². The SMILES string of the molecule is COc1cc(/C=C/C(=O)Nc2nc(-c3ccccn3)cs2)ccc1OC(C)C. The molecule has 0 bridgehead atoms. The number of hydrogen-bond donors (Lipinski definition) is 1. The normalized spacial score (nSPS) is 11.0. The molecule has 1 aromatic carbocycles. The average molecular weight is 395 g/mol. The lowest BCUT2D eigenvalue weighted by molar-refractivity contribution is -0.111. The topological polar surface area (TPSA) is 73.3 Å². The van der Waals surface area contributed by atoms with Crippen molar-refractivity contribution >= 4 is 28.5 Å². The minimum atomic E-state index is -0.261. The van der Waals surface area contributed by atoms with Crippen molar-refractivity contribution in [1.29, 1.82) is 0 Å². The summed E-state index contributed by atoms with van der Waals surface area (Å²) in [6.07, 6.45) is 4.93. The van der Waals surface area contributed by atoms with E-state index in [-0.39, 0.29) is 12.0 Å². The summed E-state index contributed by atoms with van der Waals surface area (Å²) in [5.74, 6) is 1.03. The Labute approximate surface area is 167 Å². The Hall–Kier alpha value is -3.19. The van der Waals surface area contributed by atoms with Gasteiger partial charge in [0.1, 0.15) is 5.69 Å². The van der Waals surface area contributed by atoms with E-state index in [1.54, 1.807) is 19.4 Å². The third-order valence-electron chi connectivity index (χ3n) is 3.64. The largest absolute Gasteiger partial charge is 0.493 e. The number of aromatic nitrogens is 2. The van der Waals surface area contributed by atoms with E-state index in [9.17, 15) is 4.79 Å². The van der Waals surface area contributed by atoms with Gasteiger partial charge in [-0.15, -0.1) is 11.3 Å². The third-order valence-corrected chi connectivity index (χ3v) is 4.40. The summed E-state index contributed by atoms with van der Waals surface area (Å²) in [4.78, 5) is 20.8. The molecule has 2 aromatic heterocycles. The molecule has 7 heteroatoms. The van der Waals surface area contributed by atoms with Crippen LogP contribution in [0.2, 0.25) is 0 Å². The van der Waals surface area contributed by atoms with E-state index in [0.717, 1.165) is 17.0 Å². The summed E-state index contributed by atoms with van der Waals surface area (Å²) in [7, 11) is 1.59. The second kappa shape index (κ2) is 9.14. The lowest BCUT2D eigenvalue weighted by Crippen LogP contribution is -2.07. The van der Waals surface area contributed by atoms with Gasteiger partial charge in [-0.2, -0.15) is 0 Å². The Morgan fingerprint density at radius 1 is 1.18 bits per heavy atom. The van der Waals surface area contributed by atoms with Gasteiger partial charge in [-0.3, -0.25) is 15.1 Å². The van der Waals surface area contributed by atoms with Crippen molar-refractivity contribution in [1.82, 2.24) is 9.97 Å². The van der Waals surface area contributed by atoms with Crippen molar-refractivity contribution in [2.45, 2.75) is 20.0 Å². The summed E-state index contributed by atoms with van der Waals surface area (Å²) in [6.45, 7) is 3.91. The molecule has 0 aliphatic rings. The number of anilines is 1. The van der Waals surface area contributed by atoms with E-state index in [0.29, 0.717) is 16.6 Å². The standard InChI is InChI=1S/C21H21N3O3S/c1-14(2)27-18-9-7-15(12-19(18)26-3)8-10-20(25)24-21-23-17(13-28-21)16-6-4-5-11-22-16/h4-14H,1-3H3,(H,23,24,25)/b10-8+. The van der Waals surface area contributed by atoms with Crippen LogP contribution in [-0.4, -0.2) is 29.1 Å². The molecule has 0 saturated carbocycles. The van der Waals surface area contributed by atoms with Gasteiger partial charge in [0.2, 0.25) is 5.91 Å². The van der Waals surface area contributed by atoms with Crippen molar-refractivity contribution in [3.8, 4) is 22.9 Å². The number of carbonyl (C=O) groups excluding carboxylic acids is 1. The molecule has 3 rings (SSSR count). The van der Waals surface area contributed by atoms with E-state index in [4.69, 9.17) is 9.47 Å². The minimum Gasteiger partial charge on any atom is -0.493 e. The molecule has 0 unspecified atom stereocenters.